The number of phenolic OH excluding ortho intramolecular Hbond substituents is 1. The fourth-order valence-corrected chi connectivity index (χ4v) is 1.99. The number of ether oxygens (including phenoxy) is 1. The summed E-state index contributed by atoms with van der Waals surface area (Å²) in [4.78, 5) is 22.3. The van der Waals surface area contributed by atoms with Crippen molar-refractivity contribution in [2.75, 3.05) is 7.11 Å². The highest BCUT2D eigenvalue weighted by atomic mass is 19.1. The van der Waals surface area contributed by atoms with E-state index in [0.29, 0.717) is 29.4 Å². The predicted octanol–water partition coefficient (Wildman–Crippen LogP) is 2.79. The van der Waals surface area contributed by atoms with Gasteiger partial charge >= 0.3 is 5.97 Å². The lowest BCUT2D eigenvalue weighted by molar-refractivity contribution is -0.135. The Bertz CT molecular complexity index is 684. The maximum atomic E-state index is 13.6. The molecule has 0 unspecified atom stereocenters. The second-order valence-electron chi connectivity index (χ2n) is 4.39. The van der Waals surface area contributed by atoms with Crippen molar-refractivity contribution in [1.29, 1.82) is 0 Å². The van der Waals surface area contributed by atoms with Crippen molar-refractivity contribution in [2.45, 2.75) is 6.42 Å². The number of aldehydes is 1. The van der Waals surface area contributed by atoms with E-state index in [-0.39, 0.29) is 5.56 Å². The zero-order valence-electron chi connectivity index (χ0n) is 11.3. The molecule has 2 rings (SSSR count). The number of allylic oxidation sites excluding steroid dienone is 4. The number of hydrogen-bond acceptors (Lipinski definition) is 4. The Morgan fingerprint density at radius 1 is 1.33 bits per heavy atom. The summed E-state index contributed by atoms with van der Waals surface area (Å²) in [5.41, 5.74) is 1.37. The molecule has 1 aromatic carbocycles. The van der Waals surface area contributed by atoms with Crippen molar-refractivity contribution in [1.82, 2.24) is 0 Å². The first kappa shape index (κ1) is 14.7. The Labute approximate surface area is 120 Å². The molecule has 4 nitrogen and oxygen atoms in total. The lowest BCUT2D eigenvalue weighted by atomic mass is 10.0. The molecule has 0 aliphatic heterocycles. The van der Waals surface area contributed by atoms with Crippen molar-refractivity contribution in [3.8, 4) is 5.75 Å². The van der Waals surface area contributed by atoms with Crippen LogP contribution in [-0.2, 0) is 9.53 Å². The second-order valence-corrected chi connectivity index (χ2v) is 4.39. The summed E-state index contributed by atoms with van der Waals surface area (Å²) in [6.45, 7) is 0. The maximum absolute atomic E-state index is 13.6. The first-order valence-corrected chi connectivity index (χ1v) is 6.21. The molecule has 1 aromatic rings. The Morgan fingerprint density at radius 3 is 2.76 bits per heavy atom. The van der Waals surface area contributed by atoms with Gasteiger partial charge in [0.1, 0.15) is 0 Å². The quantitative estimate of drug-likeness (QED) is 0.686. The molecule has 0 spiro atoms. The summed E-state index contributed by atoms with van der Waals surface area (Å²) >= 11 is 0. The third kappa shape index (κ3) is 3.08. The van der Waals surface area contributed by atoms with E-state index in [4.69, 9.17) is 0 Å². The molecule has 0 atom stereocenters. The Hall–Kier alpha value is -2.69. The molecule has 1 N–H and O–H groups in total. The standard InChI is InChI=1S/C16H13FO4/c1-21-16(20)11-4-2-3-10(5-6-11)12-7-13(9-18)15(19)14(17)8-12/h3-9,19H,2H2,1H3. The number of rotatable bonds is 3. The van der Waals surface area contributed by atoms with Crippen LogP contribution in [0.25, 0.3) is 5.57 Å². The average Bonchev–Trinajstić information content (AvgIpc) is 2.75. The highest BCUT2D eigenvalue weighted by molar-refractivity contribution is 5.93. The summed E-state index contributed by atoms with van der Waals surface area (Å²) in [6.07, 6.45) is 7.53. The number of benzene rings is 1. The molecule has 1 aliphatic carbocycles. The zero-order chi connectivity index (χ0) is 15.4. The normalized spacial score (nSPS) is 14.0. The van der Waals surface area contributed by atoms with E-state index in [9.17, 15) is 19.1 Å². The van der Waals surface area contributed by atoms with Crippen LogP contribution in [-0.4, -0.2) is 24.5 Å². The van der Waals surface area contributed by atoms with Gasteiger partial charge in [0.15, 0.2) is 17.9 Å². The van der Waals surface area contributed by atoms with Crippen LogP contribution in [0.3, 0.4) is 0 Å². The van der Waals surface area contributed by atoms with Gasteiger partial charge in [-0.3, -0.25) is 4.79 Å². The van der Waals surface area contributed by atoms with E-state index < -0.39 is 17.5 Å². The molecule has 108 valence electrons. The van der Waals surface area contributed by atoms with Crippen molar-refractivity contribution in [3.63, 3.8) is 0 Å². The van der Waals surface area contributed by atoms with Gasteiger partial charge < -0.3 is 9.84 Å². The van der Waals surface area contributed by atoms with Crippen LogP contribution in [0, 0.1) is 5.82 Å². The molecule has 5 heteroatoms. The molecule has 0 saturated carbocycles. The Kier molecular flexibility index (Phi) is 4.33. The molecule has 0 amide bonds. The fraction of sp³-hybridized carbons (Fsp3) is 0.125. The third-order valence-corrected chi connectivity index (χ3v) is 3.09. The van der Waals surface area contributed by atoms with E-state index in [2.05, 4.69) is 4.74 Å². The second kappa shape index (κ2) is 6.17. The van der Waals surface area contributed by atoms with E-state index in [1.807, 2.05) is 0 Å². The minimum absolute atomic E-state index is 0.121. The van der Waals surface area contributed by atoms with Crippen LogP contribution >= 0.6 is 0 Å². The SMILES string of the molecule is COC(=O)C1=CCC=C(c2cc(F)c(O)c(C=O)c2)C=C1. The molecule has 0 aromatic heterocycles. The van der Waals surface area contributed by atoms with Gasteiger partial charge in [-0.15, -0.1) is 0 Å². The van der Waals surface area contributed by atoms with Crippen LogP contribution in [0.15, 0.2) is 42.0 Å². The van der Waals surface area contributed by atoms with Gasteiger partial charge in [-0.05, 0) is 35.8 Å². The molecular formula is C16H13FO4. The van der Waals surface area contributed by atoms with Crippen molar-refractivity contribution < 1.29 is 23.8 Å². The van der Waals surface area contributed by atoms with Crippen LogP contribution < -0.4 is 0 Å². The number of phenols is 1. The molecule has 0 bridgehead atoms. The molecular weight excluding hydrogens is 275 g/mol. The van der Waals surface area contributed by atoms with E-state index in [1.54, 1.807) is 24.3 Å². The van der Waals surface area contributed by atoms with Gasteiger partial charge in [-0.25, -0.2) is 9.18 Å². The average molecular weight is 288 g/mol. The largest absolute Gasteiger partial charge is 0.504 e. The van der Waals surface area contributed by atoms with E-state index >= 15 is 0 Å². The van der Waals surface area contributed by atoms with Gasteiger partial charge in [0.25, 0.3) is 0 Å². The number of esters is 1. The van der Waals surface area contributed by atoms with Crippen LogP contribution in [0.2, 0.25) is 0 Å². The number of hydrogen-bond donors (Lipinski definition) is 1. The summed E-state index contributed by atoms with van der Waals surface area (Å²) in [7, 11) is 1.29. The number of halogens is 1. The van der Waals surface area contributed by atoms with Crippen LogP contribution in [0.4, 0.5) is 4.39 Å². The van der Waals surface area contributed by atoms with E-state index in [0.717, 1.165) is 6.07 Å². The van der Waals surface area contributed by atoms with Gasteiger partial charge in [0.05, 0.1) is 18.2 Å². The van der Waals surface area contributed by atoms with Gasteiger partial charge in [-0.2, -0.15) is 0 Å². The fourth-order valence-electron chi connectivity index (χ4n) is 1.99. The summed E-state index contributed by atoms with van der Waals surface area (Å²) < 4.78 is 18.2. The summed E-state index contributed by atoms with van der Waals surface area (Å²) in [5.74, 6) is -1.99. The van der Waals surface area contributed by atoms with Crippen molar-refractivity contribution in [3.05, 3.63) is 59.0 Å². The van der Waals surface area contributed by atoms with E-state index in [1.165, 1.54) is 13.2 Å². The third-order valence-electron chi connectivity index (χ3n) is 3.09. The molecule has 0 heterocycles. The topological polar surface area (TPSA) is 63.6 Å². The predicted molar refractivity (Wildman–Crippen MR) is 75.3 cm³/mol. The zero-order valence-corrected chi connectivity index (χ0v) is 11.3. The lowest BCUT2D eigenvalue weighted by Crippen LogP contribution is -2.01. The highest BCUT2D eigenvalue weighted by Gasteiger charge is 2.13. The summed E-state index contributed by atoms with van der Waals surface area (Å²) in [5, 5.41) is 9.41. The highest BCUT2D eigenvalue weighted by Crippen LogP contribution is 2.28. The van der Waals surface area contributed by atoms with Gasteiger partial charge in [-0.1, -0.05) is 18.2 Å². The monoisotopic (exact) mass is 288 g/mol. The number of carbonyl (C=O) groups is 2. The number of methoxy groups -OCH3 is 1. The van der Waals surface area contributed by atoms with Gasteiger partial charge in [0.2, 0.25) is 0 Å². The Balaban J connectivity index is 2.37. The van der Waals surface area contributed by atoms with Crippen molar-refractivity contribution >= 4 is 17.8 Å². The Morgan fingerprint density at radius 2 is 2.10 bits per heavy atom. The minimum Gasteiger partial charge on any atom is -0.504 e. The molecule has 0 saturated heterocycles. The maximum Gasteiger partial charge on any atom is 0.337 e. The van der Waals surface area contributed by atoms with Crippen LogP contribution in [0.1, 0.15) is 22.3 Å². The number of aromatic hydroxyl groups is 1. The first-order chi connectivity index (χ1) is 10.1. The molecule has 0 radical (unpaired) electrons. The molecule has 0 fully saturated rings. The smallest absolute Gasteiger partial charge is 0.337 e. The lowest BCUT2D eigenvalue weighted by Gasteiger charge is -2.06. The minimum atomic E-state index is -0.866. The van der Waals surface area contributed by atoms with Crippen LogP contribution in [0.5, 0.6) is 5.75 Å². The van der Waals surface area contributed by atoms with Crippen molar-refractivity contribution in [2.24, 2.45) is 0 Å². The molecule has 21 heavy (non-hydrogen) atoms. The first-order valence-electron chi connectivity index (χ1n) is 6.21. The molecule has 1 aliphatic rings. The number of carbonyl (C=O) groups excluding carboxylic acids is 2. The van der Waals surface area contributed by atoms with Gasteiger partial charge in [0, 0.05) is 0 Å². The summed E-state index contributed by atoms with van der Waals surface area (Å²) in [6, 6.07) is 2.53.